The van der Waals surface area contributed by atoms with E-state index in [1.165, 1.54) is 26.2 Å². The van der Waals surface area contributed by atoms with E-state index in [-0.39, 0.29) is 5.69 Å². The predicted molar refractivity (Wildman–Crippen MR) is 66.9 cm³/mol. The third kappa shape index (κ3) is 3.41. The molecule has 1 rings (SSSR count). The summed E-state index contributed by atoms with van der Waals surface area (Å²) in [4.78, 5) is 31.0. The van der Waals surface area contributed by atoms with Gasteiger partial charge in [-0.3, -0.25) is 14.6 Å². The molecule has 7 nitrogen and oxygen atoms in total. The van der Waals surface area contributed by atoms with Crippen LogP contribution in [0.25, 0.3) is 0 Å². The average molecular weight is 251 g/mol. The molecule has 98 valence electrons. The van der Waals surface area contributed by atoms with E-state index in [4.69, 9.17) is 5.73 Å². The molecule has 0 radical (unpaired) electrons. The predicted octanol–water partition coefficient (Wildman–Crippen LogP) is -0.0979. The zero-order valence-electron chi connectivity index (χ0n) is 10.7. The quantitative estimate of drug-likeness (QED) is 0.677. The fraction of sp³-hybridized carbons (Fsp3) is 0.455. The molecule has 0 atom stereocenters. The summed E-state index contributed by atoms with van der Waals surface area (Å²) >= 11 is 0. The summed E-state index contributed by atoms with van der Waals surface area (Å²) in [6.45, 7) is 5.63. The van der Waals surface area contributed by atoms with Crippen molar-refractivity contribution in [1.82, 2.24) is 15.3 Å². The Labute approximate surface area is 105 Å². The van der Waals surface area contributed by atoms with Gasteiger partial charge in [0.15, 0.2) is 0 Å². The lowest BCUT2D eigenvalue weighted by Gasteiger charge is -2.21. The normalized spacial score (nSPS) is 10.8. The van der Waals surface area contributed by atoms with E-state index in [9.17, 15) is 9.59 Å². The highest BCUT2D eigenvalue weighted by molar-refractivity contribution is 5.97. The molecule has 0 bridgehead atoms. The standard InChI is InChI=1S/C11H17N5O2/c1-4-14-8-6-13-5-7(15-8)9(17)16-11(2,3)10(12)18/h5-6H,4H2,1-3H3,(H2,12,18)(H,14,15)(H,16,17). The van der Waals surface area contributed by atoms with Crippen molar-refractivity contribution in [2.45, 2.75) is 26.3 Å². The van der Waals surface area contributed by atoms with Crippen LogP contribution in [0.1, 0.15) is 31.3 Å². The smallest absolute Gasteiger partial charge is 0.272 e. The highest BCUT2D eigenvalue weighted by Gasteiger charge is 2.27. The third-order valence-corrected chi connectivity index (χ3v) is 2.27. The van der Waals surface area contributed by atoms with Crippen molar-refractivity contribution < 1.29 is 9.59 Å². The van der Waals surface area contributed by atoms with Gasteiger partial charge in [0.2, 0.25) is 5.91 Å². The summed E-state index contributed by atoms with van der Waals surface area (Å²) in [6, 6.07) is 0. The second-order valence-electron chi connectivity index (χ2n) is 4.26. The van der Waals surface area contributed by atoms with Crippen molar-refractivity contribution in [3.63, 3.8) is 0 Å². The topological polar surface area (TPSA) is 110 Å². The summed E-state index contributed by atoms with van der Waals surface area (Å²) in [5, 5.41) is 5.44. The van der Waals surface area contributed by atoms with Gasteiger partial charge in [-0.2, -0.15) is 0 Å². The van der Waals surface area contributed by atoms with Crippen LogP contribution in [-0.4, -0.2) is 33.9 Å². The Kier molecular flexibility index (Phi) is 4.19. The number of nitrogens with two attached hydrogens (primary N) is 1. The van der Waals surface area contributed by atoms with E-state index in [2.05, 4.69) is 20.6 Å². The van der Waals surface area contributed by atoms with Crippen LogP contribution < -0.4 is 16.4 Å². The summed E-state index contributed by atoms with van der Waals surface area (Å²) in [5.41, 5.74) is 4.17. The minimum Gasteiger partial charge on any atom is -0.369 e. The first kappa shape index (κ1) is 13.9. The SMILES string of the molecule is CCNc1cncc(C(=O)NC(C)(C)C(N)=O)n1. The van der Waals surface area contributed by atoms with Gasteiger partial charge >= 0.3 is 0 Å². The van der Waals surface area contributed by atoms with Crippen LogP contribution in [0.2, 0.25) is 0 Å². The number of anilines is 1. The molecule has 1 aromatic rings. The number of rotatable bonds is 5. The lowest BCUT2D eigenvalue weighted by atomic mass is 10.1. The van der Waals surface area contributed by atoms with Crippen molar-refractivity contribution in [3.8, 4) is 0 Å². The molecule has 0 unspecified atom stereocenters. The van der Waals surface area contributed by atoms with Gasteiger partial charge in [-0.05, 0) is 20.8 Å². The molecule has 7 heteroatoms. The van der Waals surface area contributed by atoms with Crippen molar-refractivity contribution in [3.05, 3.63) is 18.1 Å². The number of hydrogen-bond acceptors (Lipinski definition) is 5. The Bertz CT molecular complexity index is 459. The number of carbonyl (C=O) groups is 2. The molecule has 1 heterocycles. The Morgan fingerprint density at radius 3 is 2.61 bits per heavy atom. The van der Waals surface area contributed by atoms with Crippen LogP contribution >= 0.6 is 0 Å². The molecule has 0 aliphatic rings. The zero-order valence-corrected chi connectivity index (χ0v) is 10.7. The van der Waals surface area contributed by atoms with Gasteiger partial charge in [0.25, 0.3) is 5.91 Å². The summed E-state index contributed by atoms with van der Waals surface area (Å²) in [6.07, 6.45) is 2.84. The van der Waals surface area contributed by atoms with Crippen LogP contribution in [0.3, 0.4) is 0 Å². The number of primary amides is 1. The molecule has 2 amide bonds. The number of nitrogens with zero attached hydrogens (tertiary/aromatic N) is 2. The number of amides is 2. The molecular formula is C11H17N5O2. The van der Waals surface area contributed by atoms with E-state index in [0.29, 0.717) is 12.4 Å². The first-order valence-corrected chi connectivity index (χ1v) is 5.55. The summed E-state index contributed by atoms with van der Waals surface area (Å²) in [5.74, 6) is -0.611. The van der Waals surface area contributed by atoms with Gasteiger partial charge in [0, 0.05) is 6.54 Å². The Morgan fingerprint density at radius 1 is 1.39 bits per heavy atom. The second-order valence-corrected chi connectivity index (χ2v) is 4.26. The minimum atomic E-state index is -1.13. The maximum Gasteiger partial charge on any atom is 0.272 e. The highest BCUT2D eigenvalue weighted by Crippen LogP contribution is 2.05. The van der Waals surface area contributed by atoms with Crippen molar-refractivity contribution in [1.29, 1.82) is 0 Å². The van der Waals surface area contributed by atoms with E-state index in [1.54, 1.807) is 0 Å². The van der Waals surface area contributed by atoms with Crippen LogP contribution in [0.5, 0.6) is 0 Å². The lowest BCUT2D eigenvalue weighted by molar-refractivity contribution is -0.122. The van der Waals surface area contributed by atoms with Crippen molar-refractivity contribution >= 4 is 17.6 Å². The fourth-order valence-corrected chi connectivity index (χ4v) is 1.15. The number of hydrogen-bond donors (Lipinski definition) is 3. The first-order valence-electron chi connectivity index (χ1n) is 5.55. The molecule has 1 aromatic heterocycles. The van der Waals surface area contributed by atoms with E-state index in [1.807, 2.05) is 6.92 Å². The van der Waals surface area contributed by atoms with E-state index in [0.717, 1.165) is 0 Å². The first-order chi connectivity index (χ1) is 8.36. The van der Waals surface area contributed by atoms with Gasteiger partial charge in [-0.1, -0.05) is 0 Å². The molecule has 0 saturated heterocycles. The van der Waals surface area contributed by atoms with Crippen LogP contribution in [-0.2, 0) is 4.79 Å². The molecule has 0 aliphatic heterocycles. The molecule has 4 N–H and O–H groups in total. The van der Waals surface area contributed by atoms with Crippen LogP contribution in [0.15, 0.2) is 12.4 Å². The van der Waals surface area contributed by atoms with Gasteiger partial charge in [-0.15, -0.1) is 0 Å². The Hall–Kier alpha value is -2.18. The number of aromatic nitrogens is 2. The lowest BCUT2D eigenvalue weighted by Crippen LogP contribution is -2.53. The minimum absolute atomic E-state index is 0.128. The maximum absolute atomic E-state index is 11.9. The van der Waals surface area contributed by atoms with E-state index >= 15 is 0 Å². The largest absolute Gasteiger partial charge is 0.369 e. The molecule has 0 aliphatic carbocycles. The Balaban J connectivity index is 2.84. The summed E-state index contributed by atoms with van der Waals surface area (Å²) < 4.78 is 0. The van der Waals surface area contributed by atoms with Crippen LogP contribution in [0.4, 0.5) is 5.82 Å². The van der Waals surface area contributed by atoms with Crippen LogP contribution in [0, 0.1) is 0 Å². The van der Waals surface area contributed by atoms with Crippen molar-refractivity contribution in [2.75, 3.05) is 11.9 Å². The molecule has 0 fully saturated rings. The van der Waals surface area contributed by atoms with Gasteiger partial charge in [0.1, 0.15) is 17.1 Å². The Morgan fingerprint density at radius 2 is 2.06 bits per heavy atom. The summed E-state index contributed by atoms with van der Waals surface area (Å²) in [7, 11) is 0. The molecule has 18 heavy (non-hydrogen) atoms. The van der Waals surface area contributed by atoms with Crippen molar-refractivity contribution in [2.24, 2.45) is 5.73 Å². The highest BCUT2D eigenvalue weighted by atomic mass is 16.2. The zero-order chi connectivity index (χ0) is 13.8. The van der Waals surface area contributed by atoms with Gasteiger partial charge in [0.05, 0.1) is 12.4 Å². The molecule has 0 saturated carbocycles. The molecular weight excluding hydrogens is 234 g/mol. The van der Waals surface area contributed by atoms with Gasteiger partial charge in [-0.25, -0.2) is 4.98 Å². The van der Waals surface area contributed by atoms with Gasteiger partial charge < -0.3 is 16.4 Å². The number of nitrogens with one attached hydrogen (secondary N) is 2. The maximum atomic E-state index is 11.9. The average Bonchev–Trinajstić information content (AvgIpc) is 2.29. The second kappa shape index (κ2) is 5.44. The monoisotopic (exact) mass is 251 g/mol. The number of carbonyl (C=O) groups excluding carboxylic acids is 2. The third-order valence-electron chi connectivity index (χ3n) is 2.27. The van der Waals surface area contributed by atoms with E-state index < -0.39 is 17.4 Å². The molecule has 0 spiro atoms. The molecule has 0 aromatic carbocycles. The fourth-order valence-electron chi connectivity index (χ4n) is 1.15.